The molecule has 1 aromatic rings. The molecular weight excluding hydrogens is 200 g/mol. The Kier molecular flexibility index (Phi) is 2.74. The highest BCUT2D eigenvalue weighted by atomic mass is 15.3. The van der Waals surface area contributed by atoms with Gasteiger partial charge < -0.3 is 10.6 Å². The maximum absolute atomic E-state index is 5.53. The number of nitrogens with zero attached hydrogens (tertiary/aromatic N) is 3. The van der Waals surface area contributed by atoms with Crippen LogP contribution in [0.1, 0.15) is 27.2 Å². The van der Waals surface area contributed by atoms with Gasteiger partial charge in [0.25, 0.3) is 0 Å². The van der Waals surface area contributed by atoms with Crippen molar-refractivity contribution in [1.29, 1.82) is 0 Å². The first-order chi connectivity index (χ1) is 7.47. The summed E-state index contributed by atoms with van der Waals surface area (Å²) in [6, 6.07) is 3.76. The van der Waals surface area contributed by atoms with E-state index in [1.807, 2.05) is 12.1 Å². The van der Waals surface area contributed by atoms with Crippen molar-refractivity contribution in [2.75, 3.05) is 23.7 Å². The van der Waals surface area contributed by atoms with E-state index in [1.165, 1.54) is 6.42 Å². The van der Waals surface area contributed by atoms with Crippen LogP contribution in [0.3, 0.4) is 0 Å². The van der Waals surface area contributed by atoms with Gasteiger partial charge in [-0.05, 0) is 29.9 Å². The van der Waals surface area contributed by atoms with E-state index in [2.05, 4.69) is 35.9 Å². The largest absolute Gasteiger partial charge is 0.382 e. The van der Waals surface area contributed by atoms with Gasteiger partial charge >= 0.3 is 0 Å². The lowest BCUT2D eigenvalue weighted by Gasteiger charge is -2.27. The fourth-order valence-corrected chi connectivity index (χ4v) is 2.18. The van der Waals surface area contributed by atoms with Gasteiger partial charge in [0.05, 0.1) is 0 Å². The second-order valence-electron chi connectivity index (χ2n) is 5.61. The van der Waals surface area contributed by atoms with Crippen LogP contribution < -0.4 is 10.6 Å². The van der Waals surface area contributed by atoms with E-state index in [-0.39, 0.29) is 0 Å². The Hall–Kier alpha value is -1.32. The molecule has 0 amide bonds. The van der Waals surface area contributed by atoms with Crippen LogP contribution in [0.5, 0.6) is 0 Å². The van der Waals surface area contributed by atoms with Crippen LogP contribution in [0.25, 0.3) is 0 Å². The number of hydrogen-bond donors (Lipinski definition) is 1. The molecule has 1 unspecified atom stereocenters. The molecule has 2 rings (SSSR count). The molecule has 4 heteroatoms. The van der Waals surface area contributed by atoms with Gasteiger partial charge in [-0.2, -0.15) is 0 Å². The van der Waals surface area contributed by atoms with Gasteiger partial charge in [-0.25, -0.2) is 0 Å². The molecule has 0 radical (unpaired) electrons. The van der Waals surface area contributed by atoms with E-state index in [0.29, 0.717) is 11.2 Å². The summed E-state index contributed by atoms with van der Waals surface area (Å²) in [7, 11) is 0. The van der Waals surface area contributed by atoms with Crippen molar-refractivity contribution in [1.82, 2.24) is 10.2 Å². The molecule has 0 bridgehead atoms. The minimum absolute atomic E-state index is 0.371. The third-order valence-corrected chi connectivity index (χ3v) is 3.41. The van der Waals surface area contributed by atoms with Gasteiger partial charge in [0.15, 0.2) is 5.82 Å². The van der Waals surface area contributed by atoms with Gasteiger partial charge in [-0.1, -0.05) is 20.8 Å². The van der Waals surface area contributed by atoms with E-state index in [4.69, 9.17) is 5.73 Å². The molecule has 16 heavy (non-hydrogen) atoms. The van der Waals surface area contributed by atoms with Crippen LogP contribution in [0, 0.1) is 11.3 Å². The fourth-order valence-electron chi connectivity index (χ4n) is 2.18. The second-order valence-corrected chi connectivity index (χ2v) is 5.61. The molecule has 1 aliphatic heterocycles. The zero-order valence-corrected chi connectivity index (χ0v) is 10.3. The lowest BCUT2D eigenvalue weighted by Crippen LogP contribution is -2.26. The molecule has 1 fully saturated rings. The molecule has 1 aliphatic rings. The van der Waals surface area contributed by atoms with Crippen molar-refractivity contribution in [2.24, 2.45) is 11.3 Å². The van der Waals surface area contributed by atoms with Crippen LogP contribution in [-0.2, 0) is 0 Å². The topological polar surface area (TPSA) is 55.0 Å². The number of aromatic nitrogens is 2. The summed E-state index contributed by atoms with van der Waals surface area (Å²) in [4.78, 5) is 2.29. The van der Waals surface area contributed by atoms with E-state index in [9.17, 15) is 0 Å². The second kappa shape index (κ2) is 3.92. The lowest BCUT2D eigenvalue weighted by molar-refractivity contribution is 0.263. The molecule has 2 N–H and O–H groups in total. The molecule has 1 atom stereocenters. The Bertz CT molecular complexity index is 352. The number of nitrogens with two attached hydrogens (primary N) is 1. The third-order valence-electron chi connectivity index (χ3n) is 3.41. The van der Waals surface area contributed by atoms with Crippen LogP contribution in [0.4, 0.5) is 11.6 Å². The number of nitrogen functional groups attached to an aromatic ring is 1. The van der Waals surface area contributed by atoms with E-state index < -0.39 is 0 Å². The first-order valence-electron chi connectivity index (χ1n) is 5.81. The van der Waals surface area contributed by atoms with Crippen LogP contribution in [0.2, 0.25) is 0 Å². The van der Waals surface area contributed by atoms with Gasteiger partial charge in [0.1, 0.15) is 5.82 Å². The van der Waals surface area contributed by atoms with E-state index in [0.717, 1.165) is 24.8 Å². The van der Waals surface area contributed by atoms with E-state index >= 15 is 0 Å². The third kappa shape index (κ3) is 2.26. The smallest absolute Gasteiger partial charge is 0.151 e. The van der Waals surface area contributed by atoms with Crippen molar-refractivity contribution < 1.29 is 0 Å². The minimum atomic E-state index is 0.371. The summed E-state index contributed by atoms with van der Waals surface area (Å²) in [5.74, 6) is 2.16. The maximum Gasteiger partial charge on any atom is 0.151 e. The Morgan fingerprint density at radius 1 is 1.31 bits per heavy atom. The van der Waals surface area contributed by atoms with Crippen LogP contribution in [-0.4, -0.2) is 23.3 Å². The first-order valence-corrected chi connectivity index (χ1v) is 5.81. The van der Waals surface area contributed by atoms with Crippen molar-refractivity contribution in [3.05, 3.63) is 12.1 Å². The number of anilines is 2. The van der Waals surface area contributed by atoms with Gasteiger partial charge in [0.2, 0.25) is 0 Å². The Morgan fingerprint density at radius 3 is 2.56 bits per heavy atom. The summed E-state index contributed by atoms with van der Waals surface area (Å²) in [6.45, 7) is 9.05. The molecule has 0 saturated carbocycles. The number of hydrogen-bond acceptors (Lipinski definition) is 4. The quantitative estimate of drug-likeness (QED) is 0.785. The van der Waals surface area contributed by atoms with Crippen molar-refractivity contribution in [3.63, 3.8) is 0 Å². The normalized spacial score (nSPS) is 21.4. The minimum Gasteiger partial charge on any atom is -0.382 e. The molecule has 0 aromatic carbocycles. The average Bonchev–Trinajstić information content (AvgIpc) is 2.67. The van der Waals surface area contributed by atoms with Gasteiger partial charge in [-0.3, -0.25) is 0 Å². The molecule has 1 aromatic heterocycles. The predicted molar refractivity (Wildman–Crippen MR) is 66.2 cm³/mol. The summed E-state index contributed by atoms with van der Waals surface area (Å²) < 4.78 is 0. The summed E-state index contributed by atoms with van der Waals surface area (Å²) >= 11 is 0. The highest BCUT2D eigenvalue weighted by Gasteiger charge is 2.32. The molecule has 0 spiro atoms. The van der Waals surface area contributed by atoms with Crippen molar-refractivity contribution in [2.45, 2.75) is 27.2 Å². The van der Waals surface area contributed by atoms with Crippen molar-refractivity contribution in [3.8, 4) is 0 Å². The summed E-state index contributed by atoms with van der Waals surface area (Å²) in [5, 5.41) is 8.02. The standard InChI is InChI=1S/C12H20N4/c1-12(2,3)9-6-7-16(8-9)11-5-4-10(13)14-15-11/h4-5,9H,6-8H2,1-3H3,(H2,13,14). The van der Waals surface area contributed by atoms with Crippen LogP contribution >= 0.6 is 0 Å². The van der Waals surface area contributed by atoms with Gasteiger partial charge in [0, 0.05) is 13.1 Å². The first kappa shape index (κ1) is 11.2. The number of rotatable bonds is 1. The summed E-state index contributed by atoms with van der Waals surface area (Å²) in [6.07, 6.45) is 1.23. The molecule has 0 aliphatic carbocycles. The Balaban J connectivity index is 2.06. The molecule has 1 saturated heterocycles. The highest BCUT2D eigenvalue weighted by Crippen LogP contribution is 2.34. The molecular formula is C12H20N4. The SMILES string of the molecule is CC(C)(C)C1CCN(c2ccc(N)nn2)C1. The fraction of sp³-hybridized carbons (Fsp3) is 0.667. The summed E-state index contributed by atoms with van der Waals surface area (Å²) in [5.41, 5.74) is 5.90. The maximum atomic E-state index is 5.53. The Morgan fingerprint density at radius 2 is 2.06 bits per heavy atom. The van der Waals surface area contributed by atoms with E-state index in [1.54, 1.807) is 0 Å². The predicted octanol–water partition coefficient (Wildman–Crippen LogP) is 1.93. The van der Waals surface area contributed by atoms with Gasteiger partial charge in [-0.15, -0.1) is 10.2 Å². The zero-order chi connectivity index (χ0) is 11.8. The zero-order valence-electron chi connectivity index (χ0n) is 10.3. The van der Waals surface area contributed by atoms with Crippen LogP contribution in [0.15, 0.2) is 12.1 Å². The molecule has 4 nitrogen and oxygen atoms in total. The average molecular weight is 220 g/mol. The Labute approximate surface area is 96.9 Å². The lowest BCUT2D eigenvalue weighted by atomic mass is 9.80. The highest BCUT2D eigenvalue weighted by molar-refractivity contribution is 5.42. The molecule has 88 valence electrons. The van der Waals surface area contributed by atoms with Crippen molar-refractivity contribution >= 4 is 11.6 Å². The monoisotopic (exact) mass is 220 g/mol. The molecule has 2 heterocycles.